The Hall–Kier alpha value is -4.77. The molecule has 1 unspecified atom stereocenters. The van der Waals surface area contributed by atoms with Crippen molar-refractivity contribution >= 4 is 53.5 Å². The molecule has 0 saturated carbocycles. The van der Waals surface area contributed by atoms with Gasteiger partial charge >= 0.3 is 0 Å². The highest BCUT2D eigenvalue weighted by molar-refractivity contribution is 6.11. The fourth-order valence-electron chi connectivity index (χ4n) is 3.73. The van der Waals surface area contributed by atoms with Crippen LogP contribution in [0.4, 0.5) is 0 Å². The molecule has 3 rings (SSSR count). The Labute approximate surface area is 245 Å². The van der Waals surface area contributed by atoms with E-state index in [0.29, 0.717) is 37.0 Å². The molecule has 0 aromatic carbocycles. The molecule has 0 radical (unpaired) electrons. The summed E-state index contributed by atoms with van der Waals surface area (Å²) in [5, 5.41) is 35.8. The maximum absolute atomic E-state index is 11.3. The summed E-state index contributed by atoms with van der Waals surface area (Å²) in [4.78, 5) is 46.2. The number of carbonyl (C=O) groups excluding carboxylic acids is 3. The predicted molar refractivity (Wildman–Crippen MR) is 162 cm³/mol. The molecule has 3 heterocycles. The van der Waals surface area contributed by atoms with E-state index >= 15 is 0 Å². The Morgan fingerprint density at radius 3 is 0.976 bits per heavy atom. The molecule has 18 heteroatoms. The molecule has 0 aromatic rings. The Morgan fingerprint density at radius 1 is 0.595 bits per heavy atom. The lowest BCUT2D eigenvalue weighted by Gasteiger charge is -2.06. The molecule has 42 heavy (non-hydrogen) atoms. The van der Waals surface area contributed by atoms with Gasteiger partial charge < -0.3 is 17.2 Å². The summed E-state index contributed by atoms with van der Waals surface area (Å²) in [5.41, 5.74) is 15.3. The molecule has 0 spiro atoms. The minimum atomic E-state index is -0.350. The van der Waals surface area contributed by atoms with Gasteiger partial charge in [-0.3, -0.25) is 62.5 Å². The first-order valence-corrected chi connectivity index (χ1v) is 13.5. The van der Waals surface area contributed by atoms with Gasteiger partial charge in [0.2, 0.25) is 17.9 Å². The summed E-state index contributed by atoms with van der Waals surface area (Å²) < 4.78 is 0. The Morgan fingerprint density at radius 2 is 0.810 bits per heavy atom. The van der Waals surface area contributed by atoms with E-state index in [1.54, 1.807) is 0 Å². The predicted octanol–water partition coefficient (Wildman–Crippen LogP) is -1.89. The van der Waals surface area contributed by atoms with Crippen LogP contribution in [0.2, 0.25) is 0 Å². The summed E-state index contributed by atoms with van der Waals surface area (Å²) in [5.74, 6) is 0.947. The Kier molecular flexibility index (Phi) is 13.8. The monoisotopic (exact) mass is 591 g/mol. The number of nitrogens with one attached hydrogen (secondary N) is 9. The smallest absolute Gasteiger partial charge is 0.251 e. The van der Waals surface area contributed by atoms with E-state index in [4.69, 9.17) is 33.4 Å². The van der Waals surface area contributed by atoms with Crippen molar-refractivity contribution in [3.05, 3.63) is 0 Å². The maximum Gasteiger partial charge on any atom is 0.251 e. The first-order chi connectivity index (χ1) is 19.5. The summed E-state index contributed by atoms with van der Waals surface area (Å²) in [6, 6.07) is -1.05. The van der Waals surface area contributed by atoms with Crippen LogP contribution >= 0.6 is 0 Å². The third kappa shape index (κ3) is 13.5. The first-order valence-electron chi connectivity index (χ1n) is 13.5. The second-order valence-electron chi connectivity index (χ2n) is 11.0. The van der Waals surface area contributed by atoms with Crippen LogP contribution in [-0.2, 0) is 14.4 Å². The molecule has 0 bridgehead atoms. The maximum atomic E-state index is 11.3. The van der Waals surface area contributed by atoms with Crippen molar-refractivity contribution < 1.29 is 14.4 Å². The van der Waals surface area contributed by atoms with Crippen LogP contribution in [0.1, 0.15) is 60.8 Å². The second-order valence-corrected chi connectivity index (χ2v) is 11.0. The van der Waals surface area contributed by atoms with E-state index in [1.165, 1.54) is 0 Å². The Bertz CT molecular complexity index is 988. The normalized spacial score (nSPS) is 20.6. The zero-order chi connectivity index (χ0) is 32.1. The fourth-order valence-corrected chi connectivity index (χ4v) is 3.73. The summed E-state index contributed by atoms with van der Waals surface area (Å²) >= 11 is 0. The number of hydrogen-bond acceptors (Lipinski definition) is 9. The number of guanidine groups is 6. The van der Waals surface area contributed by atoms with Gasteiger partial charge in [-0.15, -0.1) is 0 Å². The number of carbonyl (C=O) groups is 3. The standard InChI is InChI=1S/3C8H15N5O/c3*1-4(2)3-5-6(14)12-8(11-5)13-7(9)10/h3*4-5H,3H2,1-2H3,(H5,9,10,11,12,13,14)/t2*5-;/m10./s1. The highest BCUT2D eigenvalue weighted by Gasteiger charge is 2.28. The van der Waals surface area contributed by atoms with E-state index < -0.39 is 0 Å². The van der Waals surface area contributed by atoms with Crippen molar-refractivity contribution in [2.24, 2.45) is 49.9 Å². The topological polar surface area (TPSA) is 310 Å². The third-order valence-corrected chi connectivity index (χ3v) is 5.33. The molecule has 3 amide bonds. The van der Waals surface area contributed by atoms with Crippen molar-refractivity contribution in [2.75, 3.05) is 0 Å². The van der Waals surface area contributed by atoms with Gasteiger partial charge in [0.1, 0.15) is 18.1 Å². The number of aliphatic imine (C=N–C) groups is 3. The molecule has 3 aliphatic heterocycles. The molecule has 0 fully saturated rings. The van der Waals surface area contributed by atoms with Crippen LogP contribution < -0.4 is 49.1 Å². The van der Waals surface area contributed by atoms with Gasteiger partial charge in [0, 0.05) is 0 Å². The van der Waals surface area contributed by atoms with Gasteiger partial charge in [-0.2, -0.15) is 0 Å². The minimum absolute atomic E-state index is 0.137. The average Bonchev–Trinajstić information content (AvgIpc) is 3.43. The quantitative estimate of drug-likeness (QED) is 0.121. The minimum Gasteiger partial charge on any atom is -0.370 e. The molecule has 0 saturated heterocycles. The van der Waals surface area contributed by atoms with Crippen molar-refractivity contribution in [3.8, 4) is 0 Å². The number of nitrogens with zero attached hydrogens (tertiary/aromatic N) is 3. The van der Waals surface area contributed by atoms with E-state index in [1.807, 2.05) is 41.5 Å². The van der Waals surface area contributed by atoms with Gasteiger partial charge in [0.05, 0.1) is 0 Å². The largest absolute Gasteiger partial charge is 0.370 e. The molecule has 18 nitrogen and oxygen atoms in total. The highest BCUT2D eigenvalue weighted by atomic mass is 16.2. The van der Waals surface area contributed by atoms with Gasteiger partial charge in [-0.25, -0.2) is 15.0 Å². The lowest BCUT2D eigenvalue weighted by Crippen LogP contribution is -2.43. The van der Waals surface area contributed by atoms with Crippen LogP contribution in [0.5, 0.6) is 0 Å². The fraction of sp³-hybridized carbons (Fsp3) is 0.625. The molecule has 3 atom stereocenters. The number of amides is 3. The zero-order valence-electron chi connectivity index (χ0n) is 24.9. The van der Waals surface area contributed by atoms with E-state index in [-0.39, 0.29) is 71.6 Å². The van der Waals surface area contributed by atoms with Gasteiger partial charge in [-0.05, 0) is 37.0 Å². The van der Waals surface area contributed by atoms with Crippen LogP contribution in [-0.4, -0.2) is 71.6 Å². The van der Waals surface area contributed by atoms with Crippen molar-refractivity contribution in [2.45, 2.75) is 78.9 Å². The van der Waals surface area contributed by atoms with Crippen LogP contribution in [0, 0.1) is 34.0 Å². The van der Waals surface area contributed by atoms with E-state index in [2.05, 4.69) is 46.9 Å². The molecule has 0 aliphatic carbocycles. The van der Waals surface area contributed by atoms with Gasteiger partial charge in [-0.1, -0.05) is 41.5 Å². The number of hydrogen-bond donors (Lipinski definition) is 12. The zero-order valence-corrected chi connectivity index (χ0v) is 24.9. The van der Waals surface area contributed by atoms with Crippen LogP contribution in [0.15, 0.2) is 15.0 Å². The van der Waals surface area contributed by atoms with Crippen LogP contribution in [0.25, 0.3) is 0 Å². The van der Waals surface area contributed by atoms with E-state index in [9.17, 15) is 14.4 Å². The van der Waals surface area contributed by atoms with E-state index in [0.717, 1.165) is 0 Å². The third-order valence-electron chi connectivity index (χ3n) is 5.33. The molecule has 0 aromatic heterocycles. The SMILES string of the molecule is CC(C)CC1N=C(NC(=N)N)NC1=O.CC(C)C[C@@H]1N=C(NC(=N)N)NC1=O.CC(C)C[C@H]1N=C(NC(=N)N)NC1=O. The highest BCUT2D eigenvalue weighted by Crippen LogP contribution is 2.13. The van der Waals surface area contributed by atoms with Crippen LogP contribution in [0.3, 0.4) is 0 Å². The summed E-state index contributed by atoms with van der Waals surface area (Å²) in [6.45, 7) is 12.2. The van der Waals surface area contributed by atoms with Crippen molar-refractivity contribution in [1.82, 2.24) is 31.9 Å². The van der Waals surface area contributed by atoms with Gasteiger partial charge in [0.15, 0.2) is 17.9 Å². The summed E-state index contributed by atoms with van der Waals surface area (Å²) in [6.07, 6.45) is 2.11. The Balaban J connectivity index is 0.000000315. The molecule has 15 N–H and O–H groups in total. The first kappa shape index (κ1) is 35.3. The van der Waals surface area contributed by atoms with Crippen molar-refractivity contribution in [1.29, 1.82) is 16.2 Å². The second kappa shape index (κ2) is 16.5. The van der Waals surface area contributed by atoms with Crippen molar-refractivity contribution in [3.63, 3.8) is 0 Å². The number of rotatable bonds is 6. The lowest BCUT2D eigenvalue weighted by molar-refractivity contribution is -0.121. The van der Waals surface area contributed by atoms with Gasteiger partial charge in [0.25, 0.3) is 17.7 Å². The molecular weight excluding hydrogens is 546 g/mol. The lowest BCUT2D eigenvalue weighted by atomic mass is 10.0. The average molecular weight is 592 g/mol. The molecule has 3 aliphatic rings. The molecular formula is C24H45N15O3. The summed E-state index contributed by atoms with van der Waals surface area (Å²) in [7, 11) is 0. The molecule has 234 valence electrons. The number of nitrogens with two attached hydrogens (primary N) is 3.